The van der Waals surface area contributed by atoms with E-state index < -0.39 is 0 Å². The van der Waals surface area contributed by atoms with Gasteiger partial charge in [0.15, 0.2) is 0 Å². The first-order valence-electron chi connectivity index (χ1n) is 9.46. The summed E-state index contributed by atoms with van der Waals surface area (Å²) < 4.78 is 5.28. The van der Waals surface area contributed by atoms with Gasteiger partial charge in [-0.3, -0.25) is 4.79 Å². The maximum absolute atomic E-state index is 12.7. The van der Waals surface area contributed by atoms with Gasteiger partial charge in [0.1, 0.15) is 5.75 Å². The molecule has 1 aliphatic rings. The Balaban J connectivity index is 1.32. The van der Waals surface area contributed by atoms with Crippen LogP contribution in [0.1, 0.15) is 18.4 Å². The summed E-state index contributed by atoms with van der Waals surface area (Å²) in [6.07, 6.45) is 4.32. The van der Waals surface area contributed by atoms with E-state index in [4.69, 9.17) is 4.74 Å². The average molecular weight is 363 g/mol. The number of nitrogens with one attached hydrogen (secondary N) is 2. The van der Waals surface area contributed by atoms with Crippen LogP contribution in [0.5, 0.6) is 5.75 Å². The van der Waals surface area contributed by atoms with Gasteiger partial charge in [-0.1, -0.05) is 24.3 Å². The van der Waals surface area contributed by atoms with Crippen LogP contribution in [-0.2, 0) is 11.2 Å². The Labute approximate surface area is 159 Å². The summed E-state index contributed by atoms with van der Waals surface area (Å²) in [5.74, 6) is 1.06. The molecule has 3 aromatic rings. The van der Waals surface area contributed by atoms with Gasteiger partial charge in [-0.15, -0.1) is 0 Å². The van der Waals surface area contributed by atoms with Crippen molar-refractivity contribution in [3.05, 3.63) is 60.3 Å². The second-order valence-electron chi connectivity index (χ2n) is 7.07. The smallest absolute Gasteiger partial charge is 0.227 e. The van der Waals surface area contributed by atoms with E-state index in [-0.39, 0.29) is 5.91 Å². The van der Waals surface area contributed by atoms with Crippen molar-refractivity contribution >= 4 is 22.5 Å². The minimum atomic E-state index is 0.208. The second kappa shape index (κ2) is 7.74. The highest BCUT2D eigenvalue weighted by atomic mass is 16.5. The number of carbonyl (C=O) groups is 1. The van der Waals surface area contributed by atoms with Crippen molar-refractivity contribution in [2.45, 2.75) is 25.3 Å². The molecule has 2 heterocycles. The second-order valence-corrected chi connectivity index (χ2v) is 7.07. The number of methoxy groups -OCH3 is 1. The molecule has 2 aromatic carbocycles. The molecule has 27 heavy (non-hydrogen) atoms. The standard InChI is InChI=1S/C22H25N3O2/c1-27-19-6-4-5-18(14-19)24-17-9-11-25(12-10-17)22(26)13-16-15-23-21-8-3-2-7-20(16)21/h2-8,14-15,17,23-24H,9-13H2,1H3. The number of fused-ring (bicyclic) bond motifs is 1. The Hall–Kier alpha value is -2.95. The maximum Gasteiger partial charge on any atom is 0.227 e. The number of amides is 1. The zero-order valence-electron chi connectivity index (χ0n) is 15.6. The Bertz CT molecular complexity index is 926. The third-order valence-electron chi connectivity index (χ3n) is 5.30. The number of aromatic nitrogens is 1. The number of hydrogen-bond donors (Lipinski definition) is 2. The summed E-state index contributed by atoms with van der Waals surface area (Å²) in [4.78, 5) is 18.0. The average Bonchev–Trinajstić information content (AvgIpc) is 3.11. The van der Waals surface area contributed by atoms with E-state index >= 15 is 0 Å². The molecule has 0 aliphatic carbocycles. The van der Waals surface area contributed by atoms with Crippen LogP contribution >= 0.6 is 0 Å². The van der Waals surface area contributed by atoms with Gasteiger partial charge in [0, 0.05) is 48.0 Å². The Morgan fingerprint density at radius 1 is 1.19 bits per heavy atom. The van der Waals surface area contributed by atoms with Crippen LogP contribution in [0.15, 0.2) is 54.7 Å². The molecule has 1 fully saturated rings. The number of piperidine rings is 1. The van der Waals surface area contributed by atoms with Crippen molar-refractivity contribution in [1.82, 2.24) is 9.88 Å². The molecular formula is C22H25N3O2. The van der Waals surface area contributed by atoms with Gasteiger partial charge in [0.05, 0.1) is 13.5 Å². The molecule has 1 saturated heterocycles. The molecule has 0 spiro atoms. The van der Waals surface area contributed by atoms with Gasteiger partial charge in [-0.2, -0.15) is 0 Å². The summed E-state index contributed by atoms with van der Waals surface area (Å²) in [6, 6.07) is 16.5. The van der Waals surface area contributed by atoms with E-state index in [2.05, 4.69) is 22.4 Å². The number of rotatable bonds is 5. The molecule has 1 aliphatic heterocycles. The largest absolute Gasteiger partial charge is 0.497 e. The highest BCUT2D eigenvalue weighted by Crippen LogP contribution is 2.22. The first-order valence-corrected chi connectivity index (χ1v) is 9.46. The summed E-state index contributed by atoms with van der Waals surface area (Å²) in [5, 5.41) is 4.70. The Morgan fingerprint density at radius 2 is 2.00 bits per heavy atom. The number of benzene rings is 2. The first kappa shape index (κ1) is 17.5. The molecule has 1 aromatic heterocycles. The molecule has 2 N–H and O–H groups in total. The lowest BCUT2D eigenvalue weighted by Gasteiger charge is -2.33. The minimum absolute atomic E-state index is 0.208. The van der Waals surface area contributed by atoms with Gasteiger partial charge >= 0.3 is 0 Å². The number of H-pyrrole nitrogens is 1. The summed E-state index contributed by atoms with van der Waals surface area (Å²) in [6.45, 7) is 1.59. The van der Waals surface area contributed by atoms with E-state index in [1.807, 2.05) is 47.5 Å². The van der Waals surface area contributed by atoms with E-state index in [0.29, 0.717) is 12.5 Å². The van der Waals surface area contributed by atoms with Gasteiger partial charge in [0.2, 0.25) is 5.91 Å². The lowest BCUT2D eigenvalue weighted by Crippen LogP contribution is -2.43. The maximum atomic E-state index is 12.7. The molecule has 0 atom stereocenters. The molecule has 5 heteroatoms. The van der Waals surface area contributed by atoms with Crippen LogP contribution in [0.4, 0.5) is 5.69 Å². The summed E-state index contributed by atoms with van der Waals surface area (Å²) in [5.41, 5.74) is 3.23. The summed E-state index contributed by atoms with van der Waals surface area (Å²) >= 11 is 0. The number of likely N-dealkylation sites (tertiary alicyclic amines) is 1. The predicted octanol–water partition coefficient (Wildman–Crippen LogP) is 3.82. The van der Waals surface area contributed by atoms with Crippen LogP contribution in [0, 0.1) is 0 Å². The molecule has 0 bridgehead atoms. The third-order valence-corrected chi connectivity index (χ3v) is 5.30. The van der Waals surface area contributed by atoms with E-state index in [1.165, 1.54) is 0 Å². The first-order chi connectivity index (χ1) is 13.2. The van der Waals surface area contributed by atoms with Gasteiger partial charge in [-0.25, -0.2) is 0 Å². The van der Waals surface area contributed by atoms with Crippen molar-refractivity contribution in [2.75, 3.05) is 25.5 Å². The normalized spacial score (nSPS) is 15.1. The topological polar surface area (TPSA) is 57.4 Å². The van der Waals surface area contributed by atoms with Crippen LogP contribution in [0.25, 0.3) is 10.9 Å². The quantitative estimate of drug-likeness (QED) is 0.724. The van der Waals surface area contributed by atoms with Gasteiger partial charge in [-0.05, 0) is 36.6 Å². The fourth-order valence-corrected chi connectivity index (χ4v) is 3.77. The predicted molar refractivity (Wildman–Crippen MR) is 108 cm³/mol. The molecule has 4 rings (SSSR count). The number of carbonyl (C=O) groups excluding carboxylic acids is 1. The van der Waals surface area contributed by atoms with Crippen LogP contribution in [0.3, 0.4) is 0 Å². The molecule has 1 amide bonds. The number of anilines is 1. The monoisotopic (exact) mass is 363 g/mol. The van der Waals surface area contributed by atoms with E-state index in [1.54, 1.807) is 7.11 Å². The molecule has 5 nitrogen and oxygen atoms in total. The van der Waals surface area contributed by atoms with Crippen molar-refractivity contribution in [3.63, 3.8) is 0 Å². The van der Waals surface area contributed by atoms with Crippen molar-refractivity contribution in [3.8, 4) is 5.75 Å². The van der Waals surface area contributed by atoms with E-state index in [9.17, 15) is 4.79 Å². The molecule has 0 saturated carbocycles. The van der Waals surface area contributed by atoms with Crippen molar-refractivity contribution in [1.29, 1.82) is 0 Å². The molecule has 0 radical (unpaired) electrons. The van der Waals surface area contributed by atoms with E-state index in [0.717, 1.165) is 53.8 Å². The lowest BCUT2D eigenvalue weighted by atomic mass is 10.0. The number of ether oxygens (including phenoxy) is 1. The van der Waals surface area contributed by atoms with Crippen molar-refractivity contribution < 1.29 is 9.53 Å². The SMILES string of the molecule is COc1cccc(NC2CCN(C(=O)Cc3c[nH]c4ccccc34)CC2)c1. The molecular weight excluding hydrogens is 338 g/mol. The van der Waals surface area contributed by atoms with Crippen LogP contribution < -0.4 is 10.1 Å². The number of aromatic amines is 1. The summed E-state index contributed by atoms with van der Waals surface area (Å²) in [7, 11) is 1.68. The zero-order valence-corrected chi connectivity index (χ0v) is 15.6. The molecule has 140 valence electrons. The number of nitrogens with zero attached hydrogens (tertiary/aromatic N) is 1. The Kier molecular flexibility index (Phi) is 5.01. The molecule has 0 unspecified atom stereocenters. The number of para-hydroxylation sites is 1. The highest BCUT2D eigenvalue weighted by Gasteiger charge is 2.23. The van der Waals surface area contributed by atoms with Gasteiger partial charge < -0.3 is 19.9 Å². The lowest BCUT2D eigenvalue weighted by molar-refractivity contribution is -0.131. The fraction of sp³-hybridized carbons (Fsp3) is 0.318. The van der Waals surface area contributed by atoms with Crippen LogP contribution in [-0.4, -0.2) is 42.0 Å². The zero-order chi connectivity index (χ0) is 18.6. The fourth-order valence-electron chi connectivity index (χ4n) is 3.77. The highest BCUT2D eigenvalue weighted by molar-refractivity contribution is 5.88. The third kappa shape index (κ3) is 3.92. The number of hydrogen-bond acceptors (Lipinski definition) is 3. The van der Waals surface area contributed by atoms with Gasteiger partial charge in [0.25, 0.3) is 0 Å². The minimum Gasteiger partial charge on any atom is -0.497 e. The van der Waals surface area contributed by atoms with Crippen molar-refractivity contribution in [2.24, 2.45) is 0 Å². The van der Waals surface area contributed by atoms with Crippen LogP contribution in [0.2, 0.25) is 0 Å². The Morgan fingerprint density at radius 3 is 2.81 bits per heavy atom.